The summed E-state index contributed by atoms with van der Waals surface area (Å²) in [5, 5.41) is 6.89. The molecule has 3 aromatic rings. The molecule has 31 heavy (non-hydrogen) atoms. The molecule has 0 radical (unpaired) electrons. The van der Waals surface area contributed by atoms with E-state index >= 15 is 0 Å². The summed E-state index contributed by atoms with van der Waals surface area (Å²) in [6.07, 6.45) is 4.13. The number of aromatic nitrogens is 2. The molecule has 0 spiro atoms. The highest BCUT2D eigenvalue weighted by Gasteiger charge is 2.25. The number of hydrogen-bond acceptors (Lipinski definition) is 7. The fraction of sp³-hybridized carbons (Fsp3) is 0.333. The first kappa shape index (κ1) is 22.6. The van der Waals surface area contributed by atoms with E-state index in [2.05, 4.69) is 9.88 Å². The van der Waals surface area contributed by atoms with E-state index in [1.54, 1.807) is 42.7 Å². The fourth-order valence-corrected chi connectivity index (χ4v) is 4.82. The van der Waals surface area contributed by atoms with Crippen LogP contribution >= 0.6 is 0 Å². The zero-order valence-corrected chi connectivity index (χ0v) is 18.5. The molecule has 1 N–H and O–H groups in total. The van der Waals surface area contributed by atoms with Gasteiger partial charge in [0.1, 0.15) is 12.4 Å². The van der Waals surface area contributed by atoms with Gasteiger partial charge >= 0.3 is 0 Å². The second-order valence-corrected chi connectivity index (χ2v) is 9.20. The van der Waals surface area contributed by atoms with Crippen LogP contribution in [0.5, 0.6) is 5.75 Å². The highest BCUT2D eigenvalue weighted by Crippen LogP contribution is 2.34. The van der Waals surface area contributed by atoms with Crippen LogP contribution in [-0.2, 0) is 21.2 Å². The van der Waals surface area contributed by atoms with Crippen LogP contribution in [0.3, 0.4) is 0 Å². The van der Waals surface area contributed by atoms with Crippen LogP contribution in [0, 0.1) is 0 Å². The lowest BCUT2D eigenvalue weighted by Crippen LogP contribution is -2.29. The molecule has 1 aliphatic heterocycles. The Balaban J connectivity index is 0.000000858. The van der Waals surface area contributed by atoms with Crippen LogP contribution < -0.4 is 9.64 Å². The molecular weight excluding hydrogens is 420 g/mol. The molecule has 0 fully saturated rings. The summed E-state index contributed by atoms with van der Waals surface area (Å²) in [6, 6.07) is 8.58. The van der Waals surface area contributed by atoms with E-state index in [0.717, 1.165) is 36.3 Å². The first-order valence-electron chi connectivity index (χ1n) is 9.70. The number of hydrogen-bond donors (Lipinski definition) is 1. The Bertz CT molecular complexity index is 1170. The maximum Gasteiger partial charge on any atom is 0.290 e. The smallest absolute Gasteiger partial charge is 0.290 e. The maximum atomic E-state index is 13.5. The van der Waals surface area contributed by atoms with Crippen molar-refractivity contribution in [3.05, 3.63) is 48.3 Å². The van der Waals surface area contributed by atoms with Crippen LogP contribution in [0.1, 0.15) is 5.56 Å². The molecule has 0 bridgehead atoms. The van der Waals surface area contributed by atoms with Crippen molar-refractivity contribution in [3.8, 4) is 5.75 Å². The molecule has 1 aromatic carbocycles. The van der Waals surface area contributed by atoms with Gasteiger partial charge in [-0.1, -0.05) is 0 Å². The van der Waals surface area contributed by atoms with Crippen molar-refractivity contribution in [2.24, 2.45) is 0 Å². The molecule has 4 rings (SSSR count). The largest absolute Gasteiger partial charge is 0.490 e. The predicted octanol–water partition coefficient (Wildman–Crippen LogP) is 1.91. The molecule has 0 atom stereocenters. The third-order valence-corrected chi connectivity index (χ3v) is 6.68. The summed E-state index contributed by atoms with van der Waals surface area (Å²) in [5.74, 6) is 0.707. The van der Waals surface area contributed by atoms with Crippen molar-refractivity contribution < 1.29 is 23.1 Å². The number of ether oxygens (including phenoxy) is 1. The Hall–Kier alpha value is -3.11. The van der Waals surface area contributed by atoms with E-state index in [1.165, 1.54) is 3.97 Å². The van der Waals surface area contributed by atoms with Crippen molar-refractivity contribution in [2.45, 2.75) is 11.3 Å². The molecule has 10 heteroatoms. The molecule has 2 aromatic heterocycles. The maximum absolute atomic E-state index is 13.5. The third-order valence-electron chi connectivity index (χ3n) is 5.01. The molecule has 0 aliphatic carbocycles. The minimum absolute atomic E-state index is 0.239. The van der Waals surface area contributed by atoms with Gasteiger partial charge in [-0.3, -0.25) is 9.78 Å². The third kappa shape index (κ3) is 4.64. The van der Waals surface area contributed by atoms with E-state index in [1.807, 2.05) is 26.0 Å². The zero-order chi connectivity index (χ0) is 22.6. The van der Waals surface area contributed by atoms with Gasteiger partial charge in [-0.15, -0.1) is 0 Å². The predicted molar refractivity (Wildman–Crippen MR) is 118 cm³/mol. The Kier molecular flexibility index (Phi) is 6.81. The second kappa shape index (κ2) is 9.36. The summed E-state index contributed by atoms with van der Waals surface area (Å²) < 4.78 is 33.9. The zero-order valence-electron chi connectivity index (χ0n) is 17.7. The number of nitrogens with zero attached hydrogens (tertiary/aromatic N) is 4. The van der Waals surface area contributed by atoms with Gasteiger partial charge in [-0.2, -0.15) is 0 Å². The highest BCUT2D eigenvalue weighted by molar-refractivity contribution is 7.90. The van der Waals surface area contributed by atoms with Gasteiger partial charge in [-0.05, 0) is 56.4 Å². The summed E-state index contributed by atoms with van der Waals surface area (Å²) >= 11 is 0. The van der Waals surface area contributed by atoms with E-state index < -0.39 is 10.0 Å². The average Bonchev–Trinajstić information content (AvgIpc) is 3.12. The Labute approximate surface area is 181 Å². The standard InChI is InChI=1S/C20H24N4O3S.CH2O2/c1-22(2)10-8-15-14-24(17-5-4-9-21-20(15)17)28(25,26)16-6-7-19-18(13-16)23(3)11-12-27-19;2-1-3/h4-7,9,13-14H,8,10-12H2,1-3H3;1H,(H,2,3). The number of anilines is 1. The molecule has 1 aliphatic rings. The molecule has 0 amide bonds. The average molecular weight is 447 g/mol. The van der Waals surface area contributed by atoms with Crippen molar-refractivity contribution in [3.63, 3.8) is 0 Å². The quantitative estimate of drug-likeness (QED) is 0.593. The number of pyridine rings is 1. The van der Waals surface area contributed by atoms with E-state index in [4.69, 9.17) is 14.6 Å². The Morgan fingerprint density at radius 3 is 2.74 bits per heavy atom. The van der Waals surface area contributed by atoms with Crippen molar-refractivity contribution in [1.82, 2.24) is 13.9 Å². The minimum Gasteiger partial charge on any atom is -0.490 e. The molecule has 0 unspecified atom stereocenters. The van der Waals surface area contributed by atoms with Gasteiger partial charge in [0, 0.05) is 26.0 Å². The van der Waals surface area contributed by atoms with Gasteiger partial charge in [0.05, 0.1) is 28.2 Å². The van der Waals surface area contributed by atoms with Crippen LogP contribution in [0.4, 0.5) is 5.69 Å². The summed E-state index contributed by atoms with van der Waals surface area (Å²) in [5.41, 5.74) is 3.03. The summed E-state index contributed by atoms with van der Waals surface area (Å²) in [6.45, 7) is 1.89. The molecular formula is C21H26N4O5S. The number of likely N-dealkylation sites (N-methyl/N-ethyl adjacent to an activating group) is 2. The monoisotopic (exact) mass is 446 g/mol. The minimum atomic E-state index is -3.76. The second-order valence-electron chi connectivity index (χ2n) is 7.38. The lowest BCUT2D eigenvalue weighted by molar-refractivity contribution is -0.122. The van der Waals surface area contributed by atoms with Crippen molar-refractivity contribution >= 4 is 33.2 Å². The van der Waals surface area contributed by atoms with E-state index in [-0.39, 0.29) is 11.4 Å². The van der Waals surface area contributed by atoms with Gasteiger partial charge in [-0.25, -0.2) is 12.4 Å². The van der Waals surface area contributed by atoms with Gasteiger partial charge in [0.25, 0.3) is 16.5 Å². The van der Waals surface area contributed by atoms with Crippen molar-refractivity contribution in [1.29, 1.82) is 0 Å². The molecule has 3 heterocycles. The first-order chi connectivity index (χ1) is 14.8. The lowest BCUT2D eigenvalue weighted by atomic mass is 10.2. The van der Waals surface area contributed by atoms with E-state index in [9.17, 15) is 8.42 Å². The fourth-order valence-electron chi connectivity index (χ4n) is 3.42. The number of benzene rings is 1. The van der Waals surface area contributed by atoms with Crippen LogP contribution in [-0.4, -0.2) is 74.7 Å². The summed E-state index contributed by atoms with van der Waals surface area (Å²) in [7, 11) is 2.17. The van der Waals surface area contributed by atoms with E-state index in [0.29, 0.717) is 17.9 Å². The normalized spacial score (nSPS) is 13.4. The van der Waals surface area contributed by atoms with Crippen LogP contribution in [0.25, 0.3) is 11.0 Å². The van der Waals surface area contributed by atoms with Gasteiger partial charge in [0.15, 0.2) is 0 Å². The lowest BCUT2D eigenvalue weighted by Gasteiger charge is -2.28. The van der Waals surface area contributed by atoms with Crippen LogP contribution in [0.15, 0.2) is 47.6 Å². The molecule has 0 saturated carbocycles. The molecule has 166 valence electrons. The van der Waals surface area contributed by atoms with Gasteiger partial charge in [0.2, 0.25) is 0 Å². The summed E-state index contributed by atoms with van der Waals surface area (Å²) in [4.78, 5) is 17.1. The number of carbonyl (C=O) groups is 1. The Morgan fingerprint density at radius 1 is 1.29 bits per heavy atom. The Morgan fingerprint density at radius 2 is 2.03 bits per heavy atom. The van der Waals surface area contributed by atoms with Gasteiger partial charge < -0.3 is 19.6 Å². The van der Waals surface area contributed by atoms with Crippen LogP contribution in [0.2, 0.25) is 0 Å². The topological polar surface area (TPSA) is 105 Å². The number of rotatable bonds is 5. The number of fused-ring (bicyclic) bond motifs is 2. The van der Waals surface area contributed by atoms with Crippen molar-refractivity contribution in [2.75, 3.05) is 45.7 Å². The SMILES string of the molecule is CN(C)CCc1cn(S(=O)(=O)c2ccc3c(c2)N(C)CCO3)c2cccnc12.O=CO. The highest BCUT2D eigenvalue weighted by atomic mass is 32.2. The molecule has 9 nitrogen and oxygen atoms in total. The number of carboxylic acid groups (broad SMARTS) is 1. The molecule has 0 saturated heterocycles. The first-order valence-corrected chi connectivity index (χ1v) is 11.1.